The minimum atomic E-state index is -0.413. The third kappa shape index (κ3) is 12.3. The Balaban J connectivity index is 2.07. The number of rotatable bonds is 17. The summed E-state index contributed by atoms with van der Waals surface area (Å²) in [6, 6.07) is 0. The molecule has 5 heteroatoms. The summed E-state index contributed by atoms with van der Waals surface area (Å²) in [5.41, 5.74) is 0.609. The van der Waals surface area contributed by atoms with Crippen molar-refractivity contribution in [3.8, 4) is 0 Å². The summed E-state index contributed by atoms with van der Waals surface area (Å²) >= 11 is 0. The van der Waals surface area contributed by atoms with Gasteiger partial charge in [-0.05, 0) is 19.4 Å². The largest absolute Gasteiger partial charge is 0.463 e. The number of nitrogens with zero attached hydrogens (tertiary/aromatic N) is 2. The highest BCUT2D eigenvalue weighted by Crippen LogP contribution is 2.13. The van der Waals surface area contributed by atoms with Crippen molar-refractivity contribution >= 4 is 18.0 Å². The van der Waals surface area contributed by atoms with E-state index in [9.17, 15) is 9.59 Å². The number of hydrogen-bond acceptors (Lipinski definition) is 4. The van der Waals surface area contributed by atoms with Gasteiger partial charge in [0.1, 0.15) is 6.33 Å². The molecular formula is C24H40N2O3. The fraction of sp³-hybridized carbons (Fsp3) is 0.708. The second kappa shape index (κ2) is 17.0. The van der Waals surface area contributed by atoms with Crippen molar-refractivity contribution in [2.24, 2.45) is 0 Å². The normalized spacial score (nSPS) is 11.2. The maximum Gasteiger partial charge on any atom is 0.330 e. The number of esters is 1. The molecule has 29 heavy (non-hydrogen) atoms. The lowest BCUT2D eigenvalue weighted by Gasteiger charge is -2.05. The highest BCUT2D eigenvalue weighted by Gasteiger charge is 2.08. The van der Waals surface area contributed by atoms with Gasteiger partial charge in [-0.3, -0.25) is 9.36 Å². The van der Waals surface area contributed by atoms with Crippen LogP contribution in [0.25, 0.3) is 6.08 Å². The minimum absolute atomic E-state index is 0.0223. The molecule has 0 aromatic carbocycles. The first-order chi connectivity index (χ1) is 14.2. The van der Waals surface area contributed by atoms with Gasteiger partial charge in [0.05, 0.1) is 18.5 Å². The summed E-state index contributed by atoms with van der Waals surface area (Å²) in [7, 11) is 0. The molecule has 164 valence electrons. The average molecular weight is 405 g/mol. The molecule has 1 aromatic rings. The minimum Gasteiger partial charge on any atom is -0.463 e. The summed E-state index contributed by atoms with van der Waals surface area (Å²) in [5, 5.41) is 0. The fourth-order valence-corrected chi connectivity index (χ4v) is 3.40. The Morgan fingerprint density at radius 2 is 1.45 bits per heavy atom. The van der Waals surface area contributed by atoms with E-state index < -0.39 is 5.97 Å². The van der Waals surface area contributed by atoms with Gasteiger partial charge in [-0.15, -0.1) is 0 Å². The molecule has 0 atom stereocenters. The van der Waals surface area contributed by atoms with E-state index in [1.54, 1.807) is 19.2 Å². The standard InChI is InChI=1S/C24H40N2O3/c1-3-5-6-7-8-9-10-11-12-13-14-15-16-17-23(27)26-21-25-20-22(26)18-19-24(28)29-4-2/h18-21H,3-17H2,1-2H3. The van der Waals surface area contributed by atoms with E-state index >= 15 is 0 Å². The Morgan fingerprint density at radius 1 is 0.897 bits per heavy atom. The van der Waals surface area contributed by atoms with Gasteiger partial charge in [0, 0.05) is 12.5 Å². The topological polar surface area (TPSA) is 61.2 Å². The van der Waals surface area contributed by atoms with Crippen LogP contribution in [0.5, 0.6) is 0 Å². The molecule has 5 nitrogen and oxygen atoms in total. The molecule has 0 saturated carbocycles. The molecule has 0 aliphatic rings. The number of carbonyl (C=O) groups is 2. The van der Waals surface area contributed by atoms with Crippen LogP contribution in [0.2, 0.25) is 0 Å². The molecule has 0 spiro atoms. The molecule has 0 aliphatic carbocycles. The highest BCUT2D eigenvalue weighted by molar-refractivity contribution is 5.88. The molecule has 0 unspecified atom stereocenters. The Morgan fingerprint density at radius 3 is 2.00 bits per heavy atom. The predicted molar refractivity (Wildman–Crippen MR) is 119 cm³/mol. The third-order valence-corrected chi connectivity index (χ3v) is 5.11. The summed E-state index contributed by atoms with van der Waals surface area (Å²) in [6.07, 6.45) is 23.3. The second-order valence-electron chi connectivity index (χ2n) is 7.66. The van der Waals surface area contributed by atoms with Crippen molar-refractivity contribution in [3.05, 3.63) is 24.3 Å². The van der Waals surface area contributed by atoms with Crippen molar-refractivity contribution in [2.45, 2.75) is 104 Å². The average Bonchev–Trinajstić information content (AvgIpc) is 3.19. The van der Waals surface area contributed by atoms with Gasteiger partial charge in [0.2, 0.25) is 5.91 Å². The lowest BCUT2D eigenvalue weighted by atomic mass is 10.0. The Bertz CT molecular complexity index is 593. The Hall–Kier alpha value is -1.91. The van der Waals surface area contributed by atoms with E-state index in [0.717, 1.165) is 12.8 Å². The molecule has 0 amide bonds. The zero-order valence-corrected chi connectivity index (χ0v) is 18.5. The number of aromatic nitrogens is 2. The highest BCUT2D eigenvalue weighted by atomic mass is 16.5. The molecule has 1 aromatic heterocycles. The van der Waals surface area contributed by atoms with Crippen LogP contribution < -0.4 is 0 Å². The molecule has 1 heterocycles. The van der Waals surface area contributed by atoms with Crippen molar-refractivity contribution in [1.82, 2.24) is 9.55 Å². The molecule has 0 radical (unpaired) electrons. The van der Waals surface area contributed by atoms with Gasteiger partial charge in [-0.1, -0.05) is 84.0 Å². The lowest BCUT2D eigenvalue weighted by Crippen LogP contribution is -2.11. The van der Waals surface area contributed by atoms with Crippen LogP contribution in [0.4, 0.5) is 0 Å². The maximum absolute atomic E-state index is 12.4. The van der Waals surface area contributed by atoms with Crippen molar-refractivity contribution in [1.29, 1.82) is 0 Å². The summed E-state index contributed by atoms with van der Waals surface area (Å²) < 4.78 is 6.36. The van der Waals surface area contributed by atoms with E-state index in [1.165, 1.54) is 87.6 Å². The van der Waals surface area contributed by atoms with E-state index in [4.69, 9.17) is 4.74 Å². The number of unbranched alkanes of at least 4 members (excludes halogenated alkanes) is 12. The second-order valence-corrected chi connectivity index (χ2v) is 7.66. The molecule has 0 fully saturated rings. The molecular weight excluding hydrogens is 364 g/mol. The van der Waals surface area contributed by atoms with Gasteiger partial charge in [-0.2, -0.15) is 0 Å². The lowest BCUT2D eigenvalue weighted by molar-refractivity contribution is -0.137. The molecule has 0 N–H and O–H groups in total. The number of ether oxygens (including phenoxy) is 1. The first-order valence-corrected chi connectivity index (χ1v) is 11.6. The summed E-state index contributed by atoms with van der Waals surface area (Å²) in [5.74, 6) is -0.390. The van der Waals surface area contributed by atoms with Gasteiger partial charge >= 0.3 is 5.97 Å². The monoisotopic (exact) mass is 404 g/mol. The van der Waals surface area contributed by atoms with Crippen LogP contribution in [-0.2, 0) is 9.53 Å². The van der Waals surface area contributed by atoms with Gasteiger partial charge in [0.25, 0.3) is 0 Å². The van der Waals surface area contributed by atoms with E-state index in [0.29, 0.717) is 18.7 Å². The third-order valence-electron chi connectivity index (χ3n) is 5.11. The number of carbonyl (C=O) groups excluding carboxylic acids is 2. The van der Waals surface area contributed by atoms with E-state index in [-0.39, 0.29) is 5.91 Å². The van der Waals surface area contributed by atoms with Crippen LogP contribution in [0.1, 0.15) is 114 Å². The number of hydrogen-bond donors (Lipinski definition) is 0. The van der Waals surface area contributed by atoms with Crippen molar-refractivity contribution in [2.75, 3.05) is 6.61 Å². The van der Waals surface area contributed by atoms with Crippen molar-refractivity contribution < 1.29 is 14.3 Å². The molecule has 1 rings (SSSR count). The van der Waals surface area contributed by atoms with Crippen LogP contribution in [-0.4, -0.2) is 28.0 Å². The fourth-order valence-electron chi connectivity index (χ4n) is 3.40. The van der Waals surface area contributed by atoms with Crippen LogP contribution in [0.15, 0.2) is 18.6 Å². The van der Waals surface area contributed by atoms with Crippen molar-refractivity contribution in [3.63, 3.8) is 0 Å². The van der Waals surface area contributed by atoms with E-state index in [2.05, 4.69) is 11.9 Å². The SMILES string of the molecule is CCCCCCCCCCCCCCCC(=O)n1cncc1C=CC(=O)OCC. The quantitative estimate of drug-likeness (QED) is 0.167. The number of imidazole rings is 1. The smallest absolute Gasteiger partial charge is 0.330 e. The Labute approximate surface area is 176 Å². The summed E-state index contributed by atoms with van der Waals surface area (Å²) in [6.45, 7) is 4.35. The van der Waals surface area contributed by atoms with Gasteiger partial charge in [0.15, 0.2) is 0 Å². The summed E-state index contributed by atoms with van der Waals surface area (Å²) in [4.78, 5) is 27.8. The predicted octanol–water partition coefficient (Wildman–Crippen LogP) is 6.58. The molecule has 0 saturated heterocycles. The molecule has 0 bridgehead atoms. The zero-order chi connectivity index (χ0) is 21.2. The van der Waals surface area contributed by atoms with Crippen LogP contribution in [0.3, 0.4) is 0 Å². The van der Waals surface area contributed by atoms with Crippen LogP contribution in [0, 0.1) is 0 Å². The van der Waals surface area contributed by atoms with Gasteiger partial charge < -0.3 is 4.74 Å². The maximum atomic E-state index is 12.4. The van der Waals surface area contributed by atoms with Gasteiger partial charge in [-0.25, -0.2) is 9.78 Å². The first kappa shape index (κ1) is 25.1. The Kier molecular flexibility index (Phi) is 14.7. The zero-order valence-electron chi connectivity index (χ0n) is 18.5. The molecule has 0 aliphatic heterocycles. The van der Waals surface area contributed by atoms with Crippen LogP contribution >= 0.6 is 0 Å². The first-order valence-electron chi connectivity index (χ1n) is 11.6. The van der Waals surface area contributed by atoms with E-state index in [1.807, 2.05) is 0 Å².